The van der Waals surface area contributed by atoms with E-state index in [2.05, 4.69) is 17.4 Å². The van der Waals surface area contributed by atoms with Crippen LogP contribution in [-0.4, -0.2) is 5.24 Å². The van der Waals surface area contributed by atoms with Crippen molar-refractivity contribution in [3.8, 4) is 0 Å². The van der Waals surface area contributed by atoms with Gasteiger partial charge < -0.3 is 5.32 Å². The second-order valence-electron chi connectivity index (χ2n) is 3.65. The molecule has 0 saturated carbocycles. The molecule has 0 aliphatic carbocycles. The van der Waals surface area contributed by atoms with E-state index < -0.39 is 0 Å². The average molecular weight is 210 g/mol. The molecular weight excluding hydrogens is 198 g/mol. The zero-order valence-corrected chi connectivity index (χ0v) is 8.71. The van der Waals surface area contributed by atoms with Gasteiger partial charge >= 0.3 is 0 Å². The van der Waals surface area contributed by atoms with Crippen LogP contribution in [0.4, 0.5) is 0 Å². The van der Waals surface area contributed by atoms with Crippen molar-refractivity contribution in [2.75, 3.05) is 0 Å². The molecule has 1 aliphatic heterocycles. The minimum atomic E-state index is -0.279. The Morgan fingerprint density at radius 3 is 3.00 bits per heavy atom. The smallest absolute Gasteiger partial charge is 0.226 e. The highest BCUT2D eigenvalue weighted by Gasteiger charge is 2.29. The lowest BCUT2D eigenvalue weighted by Gasteiger charge is -2.16. The Morgan fingerprint density at radius 1 is 1.57 bits per heavy atom. The highest BCUT2D eigenvalue weighted by Crippen LogP contribution is 2.31. The molecule has 0 spiro atoms. The summed E-state index contributed by atoms with van der Waals surface area (Å²) in [6.45, 7) is 2.68. The van der Waals surface area contributed by atoms with E-state index >= 15 is 0 Å². The van der Waals surface area contributed by atoms with Crippen molar-refractivity contribution < 1.29 is 4.79 Å². The van der Waals surface area contributed by atoms with Crippen LogP contribution in [0.5, 0.6) is 0 Å². The van der Waals surface area contributed by atoms with Crippen molar-refractivity contribution in [1.82, 2.24) is 5.32 Å². The molecule has 1 aliphatic rings. The lowest BCUT2D eigenvalue weighted by molar-refractivity contribution is -0.115. The number of nitrogens with one attached hydrogen (secondary N) is 1. The number of carbonyl (C=O) groups excluding carboxylic acids is 1. The second-order valence-corrected chi connectivity index (χ2v) is 4.02. The van der Waals surface area contributed by atoms with Crippen molar-refractivity contribution in [2.45, 2.75) is 19.5 Å². The maximum Gasteiger partial charge on any atom is 0.226 e. The van der Waals surface area contributed by atoms with E-state index in [-0.39, 0.29) is 17.2 Å². The normalized spacial score (nSPS) is 21.7. The second kappa shape index (κ2) is 3.71. The third-order valence-corrected chi connectivity index (χ3v) is 3.10. The molecule has 1 aromatic carbocycles. The average Bonchev–Trinajstić information content (AvgIpc) is 2.60. The van der Waals surface area contributed by atoms with Crippen molar-refractivity contribution >= 4 is 16.8 Å². The monoisotopic (exact) mass is 209 g/mol. The van der Waals surface area contributed by atoms with E-state index in [0.717, 1.165) is 6.54 Å². The van der Waals surface area contributed by atoms with Crippen molar-refractivity contribution in [1.29, 1.82) is 0 Å². The number of rotatable bonds is 2. The first-order valence-corrected chi connectivity index (χ1v) is 5.08. The molecule has 0 saturated heterocycles. The molecule has 1 N–H and O–H groups in total. The van der Waals surface area contributed by atoms with Crippen molar-refractivity contribution in [3.05, 3.63) is 35.4 Å². The largest absolute Gasteiger partial charge is 0.305 e. The number of hydrogen-bond acceptors (Lipinski definition) is 2. The van der Waals surface area contributed by atoms with Gasteiger partial charge in [0.25, 0.3) is 0 Å². The van der Waals surface area contributed by atoms with Crippen LogP contribution in [0.1, 0.15) is 24.1 Å². The summed E-state index contributed by atoms with van der Waals surface area (Å²) >= 11 is 5.50. The Hall–Kier alpha value is -0.860. The van der Waals surface area contributed by atoms with Gasteiger partial charge in [-0.3, -0.25) is 4.79 Å². The highest BCUT2D eigenvalue weighted by atomic mass is 35.5. The molecule has 0 aromatic heterocycles. The molecule has 0 bridgehead atoms. The maximum atomic E-state index is 11.1. The topological polar surface area (TPSA) is 29.1 Å². The molecule has 0 amide bonds. The quantitative estimate of drug-likeness (QED) is 0.757. The first-order chi connectivity index (χ1) is 6.70. The van der Waals surface area contributed by atoms with Crippen LogP contribution >= 0.6 is 11.6 Å². The Labute approximate surface area is 88.3 Å². The summed E-state index contributed by atoms with van der Waals surface area (Å²) in [7, 11) is 0. The third kappa shape index (κ3) is 1.56. The van der Waals surface area contributed by atoms with E-state index in [1.54, 1.807) is 0 Å². The summed E-state index contributed by atoms with van der Waals surface area (Å²) in [5.41, 5.74) is 2.47. The molecule has 2 nitrogen and oxygen atoms in total. The lowest BCUT2D eigenvalue weighted by atomic mass is 9.96. The maximum absolute atomic E-state index is 11.1. The summed E-state index contributed by atoms with van der Waals surface area (Å²) in [5.74, 6) is -0.166. The van der Waals surface area contributed by atoms with E-state index in [4.69, 9.17) is 11.6 Å². The van der Waals surface area contributed by atoms with Crippen molar-refractivity contribution in [2.24, 2.45) is 5.92 Å². The summed E-state index contributed by atoms with van der Waals surface area (Å²) in [4.78, 5) is 11.1. The lowest BCUT2D eigenvalue weighted by Crippen LogP contribution is -2.23. The molecular formula is C11H12ClNO. The van der Waals surface area contributed by atoms with Crippen LogP contribution in [0, 0.1) is 5.92 Å². The van der Waals surface area contributed by atoms with E-state index in [0.29, 0.717) is 0 Å². The van der Waals surface area contributed by atoms with Crippen LogP contribution in [-0.2, 0) is 11.3 Å². The fourth-order valence-corrected chi connectivity index (χ4v) is 2.03. The SMILES string of the molecule is CC(C(=O)Cl)C1NCc2ccccc21. The number of hydrogen-bond donors (Lipinski definition) is 1. The molecule has 2 rings (SSSR count). The van der Waals surface area contributed by atoms with Gasteiger partial charge in [-0.15, -0.1) is 0 Å². The molecule has 0 radical (unpaired) electrons. The molecule has 1 aromatic rings. The summed E-state index contributed by atoms with van der Waals surface area (Å²) in [6, 6.07) is 8.21. The Kier molecular flexibility index (Phi) is 2.57. The number of benzene rings is 1. The third-order valence-electron chi connectivity index (χ3n) is 2.76. The summed E-state index contributed by atoms with van der Waals surface area (Å²) in [5, 5.41) is 3.02. The van der Waals surface area contributed by atoms with Gasteiger partial charge in [0.2, 0.25) is 5.24 Å². The fourth-order valence-electron chi connectivity index (χ4n) is 1.91. The van der Waals surface area contributed by atoms with Gasteiger partial charge in [0, 0.05) is 18.5 Å². The van der Waals surface area contributed by atoms with Crippen LogP contribution in [0.15, 0.2) is 24.3 Å². The predicted molar refractivity (Wildman–Crippen MR) is 56.0 cm³/mol. The molecule has 3 heteroatoms. The predicted octanol–water partition coefficient (Wildman–Crippen LogP) is 2.23. The molecule has 2 atom stereocenters. The van der Waals surface area contributed by atoms with E-state index in [1.807, 2.05) is 19.1 Å². The van der Waals surface area contributed by atoms with Crippen LogP contribution in [0.25, 0.3) is 0 Å². The molecule has 14 heavy (non-hydrogen) atoms. The standard InChI is InChI=1S/C11H12ClNO/c1-7(11(12)14)10-9-5-3-2-4-8(9)6-13-10/h2-5,7,10,13H,6H2,1H3. The highest BCUT2D eigenvalue weighted by molar-refractivity contribution is 6.64. The van der Waals surface area contributed by atoms with Crippen molar-refractivity contribution in [3.63, 3.8) is 0 Å². The van der Waals surface area contributed by atoms with Gasteiger partial charge in [0.1, 0.15) is 0 Å². The van der Waals surface area contributed by atoms with Crippen LogP contribution in [0.2, 0.25) is 0 Å². The Bertz CT molecular complexity index is 364. The van der Waals surface area contributed by atoms with Gasteiger partial charge in [0.15, 0.2) is 0 Å². The number of carbonyl (C=O) groups is 1. The molecule has 1 heterocycles. The van der Waals surface area contributed by atoms with Gasteiger partial charge in [-0.2, -0.15) is 0 Å². The summed E-state index contributed by atoms with van der Waals surface area (Å²) in [6.07, 6.45) is 0. The molecule has 0 fully saturated rings. The van der Waals surface area contributed by atoms with E-state index in [9.17, 15) is 4.79 Å². The zero-order valence-electron chi connectivity index (χ0n) is 7.96. The van der Waals surface area contributed by atoms with Gasteiger partial charge in [-0.05, 0) is 22.7 Å². The van der Waals surface area contributed by atoms with Crippen LogP contribution in [0.3, 0.4) is 0 Å². The van der Waals surface area contributed by atoms with Gasteiger partial charge in [-0.1, -0.05) is 31.2 Å². The Morgan fingerprint density at radius 2 is 2.29 bits per heavy atom. The Balaban J connectivity index is 2.30. The minimum Gasteiger partial charge on any atom is -0.305 e. The molecule has 74 valence electrons. The number of halogens is 1. The van der Waals surface area contributed by atoms with Gasteiger partial charge in [0.05, 0.1) is 0 Å². The minimum absolute atomic E-state index is 0.0798. The first-order valence-electron chi connectivity index (χ1n) is 4.70. The van der Waals surface area contributed by atoms with Crippen LogP contribution < -0.4 is 5.32 Å². The number of fused-ring (bicyclic) bond motifs is 1. The van der Waals surface area contributed by atoms with Gasteiger partial charge in [-0.25, -0.2) is 0 Å². The fraction of sp³-hybridized carbons (Fsp3) is 0.364. The molecule has 2 unspecified atom stereocenters. The zero-order chi connectivity index (χ0) is 10.1. The van der Waals surface area contributed by atoms with E-state index in [1.165, 1.54) is 11.1 Å². The first kappa shape index (κ1) is 9.69. The summed E-state index contributed by atoms with van der Waals surface area (Å²) < 4.78 is 0.